The molecule has 3 saturated carbocycles. The third-order valence-corrected chi connectivity index (χ3v) is 8.25. The molecule has 0 aromatic carbocycles. The van der Waals surface area contributed by atoms with Gasteiger partial charge in [-0.25, -0.2) is 4.79 Å². The van der Waals surface area contributed by atoms with Gasteiger partial charge in [0.05, 0.1) is 12.1 Å². The number of aliphatic hydroxyl groups is 1. The van der Waals surface area contributed by atoms with E-state index in [0.29, 0.717) is 11.3 Å². The van der Waals surface area contributed by atoms with E-state index in [4.69, 9.17) is 5.73 Å². The van der Waals surface area contributed by atoms with E-state index in [9.17, 15) is 9.90 Å². The SMILES string of the molecule is C[C@@]12CCC[C@H]1[C@@H]1CCC3=CC(NC(N)=O)C(O)C[C@]3(C)[C@@H]1CC2. The van der Waals surface area contributed by atoms with Crippen molar-refractivity contribution in [2.75, 3.05) is 0 Å². The van der Waals surface area contributed by atoms with E-state index in [2.05, 4.69) is 25.2 Å². The Morgan fingerprint density at radius 2 is 2.04 bits per heavy atom. The third kappa shape index (κ3) is 2.33. The van der Waals surface area contributed by atoms with Crippen molar-refractivity contribution in [3.8, 4) is 0 Å². The van der Waals surface area contributed by atoms with Gasteiger partial charge < -0.3 is 16.2 Å². The number of primary amides is 1. The molecule has 0 bridgehead atoms. The summed E-state index contributed by atoms with van der Waals surface area (Å²) in [5.41, 5.74) is 7.40. The number of amides is 2. The van der Waals surface area contributed by atoms with Crippen LogP contribution in [0.5, 0.6) is 0 Å². The summed E-state index contributed by atoms with van der Waals surface area (Å²) in [6.07, 6.45) is 11.6. The second-order valence-electron chi connectivity index (χ2n) is 9.42. The van der Waals surface area contributed by atoms with Gasteiger partial charge in [-0.3, -0.25) is 0 Å². The van der Waals surface area contributed by atoms with Crippen molar-refractivity contribution in [2.24, 2.45) is 34.3 Å². The normalized spacial score (nSPS) is 50.3. The molecule has 2 unspecified atom stereocenters. The molecule has 4 rings (SSSR count). The van der Waals surface area contributed by atoms with Gasteiger partial charge >= 0.3 is 6.03 Å². The van der Waals surface area contributed by atoms with Gasteiger partial charge in [0.1, 0.15) is 0 Å². The Labute approximate surface area is 145 Å². The minimum absolute atomic E-state index is 0.0993. The lowest BCUT2D eigenvalue weighted by atomic mass is 9.47. The van der Waals surface area contributed by atoms with Gasteiger partial charge in [0, 0.05) is 0 Å². The van der Waals surface area contributed by atoms with E-state index in [-0.39, 0.29) is 11.5 Å². The zero-order valence-corrected chi connectivity index (χ0v) is 15.1. The maximum Gasteiger partial charge on any atom is 0.312 e. The highest BCUT2D eigenvalue weighted by atomic mass is 16.3. The molecule has 0 radical (unpaired) electrons. The van der Waals surface area contributed by atoms with Gasteiger partial charge in [0.25, 0.3) is 0 Å². The molecule has 4 nitrogen and oxygen atoms in total. The number of nitrogens with two attached hydrogens (primary N) is 1. The average molecular weight is 332 g/mol. The predicted octanol–water partition coefficient (Wildman–Crippen LogP) is 3.35. The molecule has 0 aromatic rings. The largest absolute Gasteiger partial charge is 0.391 e. The minimum Gasteiger partial charge on any atom is -0.391 e. The lowest BCUT2D eigenvalue weighted by Crippen LogP contribution is -2.55. The summed E-state index contributed by atoms with van der Waals surface area (Å²) in [6, 6.07) is -0.866. The maximum absolute atomic E-state index is 11.2. The highest BCUT2D eigenvalue weighted by Crippen LogP contribution is 2.65. The monoisotopic (exact) mass is 332 g/mol. The first-order valence-corrected chi connectivity index (χ1v) is 9.79. The first kappa shape index (κ1) is 16.4. The number of aliphatic hydroxyl groups excluding tert-OH is 1. The number of hydrogen-bond donors (Lipinski definition) is 3. The van der Waals surface area contributed by atoms with Crippen LogP contribution < -0.4 is 11.1 Å². The van der Waals surface area contributed by atoms with Crippen LogP contribution in [0.1, 0.15) is 65.2 Å². The molecule has 0 spiro atoms. The fourth-order valence-electron chi connectivity index (χ4n) is 7.07. The standard InChI is InChI=1S/C20H32N2O2/c1-19-8-3-4-14(19)13-6-5-12-10-16(22-18(21)24)17(23)11-20(12,2)15(13)7-9-19/h10,13-17,23H,3-9,11H2,1-2H3,(H3,21,22,24)/t13-,14-,15+,16?,17?,19-,20-/m0/s1. The van der Waals surface area contributed by atoms with Crippen LogP contribution in [0, 0.1) is 28.6 Å². The zero-order chi connectivity index (χ0) is 17.1. The van der Waals surface area contributed by atoms with E-state index in [1.807, 2.05) is 0 Å². The Balaban J connectivity index is 1.63. The molecular weight excluding hydrogens is 300 g/mol. The van der Waals surface area contributed by atoms with Crippen molar-refractivity contribution >= 4 is 6.03 Å². The van der Waals surface area contributed by atoms with E-state index < -0.39 is 12.1 Å². The van der Waals surface area contributed by atoms with Crippen molar-refractivity contribution in [3.05, 3.63) is 11.6 Å². The van der Waals surface area contributed by atoms with Gasteiger partial charge in [0.15, 0.2) is 0 Å². The lowest BCUT2D eigenvalue weighted by molar-refractivity contribution is -0.0545. The average Bonchev–Trinajstić information content (AvgIpc) is 2.89. The molecule has 4 aliphatic rings. The van der Waals surface area contributed by atoms with E-state index >= 15 is 0 Å². The van der Waals surface area contributed by atoms with Gasteiger partial charge in [-0.15, -0.1) is 0 Å². The fourth-order valence-corrected chi connectivity index (χ4v) is 7.07. The molecule has 2 amide bonds. The third-order valence-electron chi connectivity index (χ3n) is 8.25. The second kappa shape index (κ2) is 5.48. The fraction of sp³-hybridized carbons (Fsp3) is 0.850. The number of nitrogens with one attached hydrogen (secondary N) is 1. The van der Waals surface area contributed by atoms with Crippen molar-refractivity contribution in [2.45, 2.75) is 77.4 Å². The van der Waals surface area contributed by atoms with Gasteiger partial charge in [-0.05, 0) is 73.5 Å². The number of rotatable bonds is 1. The summed E-state index contributed by atoms with van der Waals surface area (Å²) in [5, 5.41) is 13.3. The van der Waals surface area contributed by atoms with Crippen LogP contribution >= 0.6 is 0 Å². The number of carbonyl (C=O) groups is 1. The summed E-state index contributed by atoms with van der Waals surface area (Å²) in [5.74, 6) is 2.40. The lowest BCUT2D eigenvalue weighted by Gasteiger charge is -2.58. The molecule has 0 heterocycles. The van der Waals surface area contributed by atoms with Crippen molar-refractivity contribution in [3.63, 3.8) is 0 Å². The quantitative estimate of drug-likeness (QED) is 0.644. The second-order valence-corrected chi connectivity index (χ2v) is 9.42. The first-order chi connectivity index (χ1) is 11.3. The topological polar surface area (TPSA) is 75.3 Å². The molecule has 0 aromatic heterocycles. The van der Waals surface area contributed by atoms with Crippen LogP contribution in [0.25, 0.3) is 0 Å². The Kier molecular flexibility index (Phi) is 3.76. The number of carbonyl (C=O) groups excluding carboxylic acids is 1. The summed E-state index contributed by atoms with van der Waals surface area (Å²) < 4.78 is 0. The molecular formula is C20H32N2O2. The van der Waals surface area contributed by atoms with Gasteiger partial charge in [0.2, 0.25) is 0 Å². The highest BCUT2D eigenvalue weighted by Gasteiger charge is 2.57. The van der Waals surface area contributed by atoms with Crippen LogP contribution in [0.2, 0.25) is 0 Å². The maximum atomic E-state index is 11.2. The molecule has 3 fully saturated rings. The van der Waals surface area contributed by atoms with Gasteiger partial charge in [-0.2, -0.15) is 0 Å². The smallest absolute Gasteiger partial charge is 0.312 e. The van der Waals surface area contributed by atoms with Crippen LogP contribution in [0.4, 0.5) is 4.79 Å². The Morgan fingerprint density at radius 1 is 1.25 bits per heavy atom. The molecule has 0 aliphatic heterocycles. The van der Waals surface area contributed by atoms with Gasteiger partial charge in [-0.1, -0.05) is 31.9 Å². The highest BCUT2D eigenvalue weighted by molar-refractivity contribution is 5.72. The van der Waals surface area contributed by atoms with Crippen molar-refractivity contribution in [1.29, 1.82) is 0 Å². The molecule has 134 valence electrons. The van der Waals surface area contributed by atoms with Crippen LogP contribution in [0.3, 0.4) is 0 Å². The van der Waals surface area contributed by atoms with E-state index in [0.717, 1.165) is 24.7 Å². The Morgan fingerprint density at radius 3 is 2.79 bits per heavy atom. The molecule has 24 heavy (non-hydrogen) atoms. The summed E-state index contributed by atoms with van der Waals surface area (Å²) in [6.45, 7) is 4.90. The number of fused-ring (bicyclic) bond motifs is 5. The molecule has 7 atom stereocenters. The molecule has 4 N–H and O–H groups in total. The Hall–Kier alpha value is -1.03. The first-order valence-electron chi connectivity index (χ1n) is 9.79. The van der Waals surface area contributed by atoms with Crippen molar-refractivity contribution in [1.82, 2.24) is 5.32 Å². The predicted molar refractivity (Wildman–Crippen MR) is 94.2 cm³/mol. The summed E-state index contributed by atoms with van der Waals surface area (Å²) in [7, 11) is 0. The van der Waals surface area contributed by atoms with Crippen LogP contribution in [-0.4, -0.2) is 23.3 Å². The van der Waals surface area contributed by atoms with Crippen LogP contribution in [0.15, 0.2) is 11.6 Å². The summed E-state index contributed by atoms with van der Waals surface area (Å²) >= 11 is 0. The zero-order valence-electron chi connectivity index (χ0n) is 15.1. The Bertz CT molecular complexity index is 574. The van der Waals surface area contributed by atoms with E-state index in [1.165, 1.54) is 44.1 Å². The van der Waals surface area contributed by atoms with Crippen molar-refractivity contribution < 1.29 is 9.90 Å². The molecule has 4 aliphatic carbocycles. The van der Waals surface area contributed by atoms with Crippen LogP contribution in [-0.2, 0) is 0 Å². The van der Waals surface area contributed by atoms with E-state index in [1.54, 1.807) is 0 Å². The number of hydrogen-bond acceptors (Lipinski definition) is 2. The summed E-state index contributed by atoms with van der Waals surface area (Å²) in [4.78, 5) is 11.2. The molecule has 0 saturated heterocycles. The number of urea groups is 1. The molecule has 4 heteroatoms. The minimum atomic E-state index is -0.549. The number of allylic oxidation sites excluding steroid dienone is 1.